The third-order valence-electron chi connectivity index (χ3n) is 3.49. The maximum absolute atomic E-state index is 11.8. The zero-order valence-corrected chi connectivity index (χ0v) is 17.9. The number of esters is 1. The van der Waals surface area contributed by atoms with Gasteiger partial charge in [0.2, 0.25) is 17.7 Å². The smallest absolute Gasteiger partial charge is 0.344 e. The first-order chi connectivity index (χ1) is 14.3. The van der Waals surface area contributed by atoms with E-state index in [0.717, 1.165) is 0 Å². The van der Waals surface area contributed by atoms with Gasteiger partial charge in [-0.25, -0.2) is 4.79 Å². The standard InChI is InChI=1S/C17H24N2O6.C3H7NO.CH4/c1-18-15(20)8-9-16(21)19-10-14(11-23-2)25-17(22)12-24-13-6-4-3-5-7-13;1-3(5)4-2;/h3-7,14H,8-12H2,1-2H3,(H,18,20)(H,19,21);1-2H3,(H,4,5);1H4. The highest BCUT2D eigenvalue weighted by Gasteiger charge is 2.16. The van der Waals surface area contributed by atoms with Gasteiger partial charge in [0.05, 0.1) is 13.2 Å². The summed E-state index contributed by atoms with van der Waals surface area (Å²) in [5, 5.41) is 7.44. The zero-order chi connectivity index (χ0) is 22.8. The first kappa shape index (κ1) is 30.1. The molecule has 1 atom stereocenters. The van der Waals surface area contributed by atoms with Gasteiger partial charge in [0.25, 0.3) is 0 Å². The summed E-state index contributed by atoms with van der Waals surface area (Å²) in [7, 11) is 4.57. The maximum Gasteiger partial charge on any atom is 0.344 e. The first-order valence-electron chi connectivity index (χ1n) is 9.34. The molecule has 3 N–H and O–H groups in total. The van der Waals surface area contributed by atoms with E-state index in [2.05, 4.69) is 16.0 Å². The summed E-state index contributed by atoms with van der Waals surface area (Å²) >= 11 is 0. The van der Waals surface area contributed by atoms with Crippen molar-refractivity contribution in [3.8, 4) is 5.75 Å². The number of para-hydroxylation sites is 1. The van der Waals surface area contributed by atoms with Gasteiger partial charge >= 0.3 is 5.97 Å². The van der Waals surface area contributed by atoms with Crippen LogP contribution in [0.2, 0.25) is 0 Å². The molecule has 0 aliphatic carbocycles. The molecule has 3 amide bonds. The second-order valence-corrected chi connectivity index (χ2v) is 5.95. The molecule has 0 aromatic heterocycles. The Labute approximate surface area is 184 Å². The van der Waals surface area contributed by atoms with Crippen molar-refractivity contribution in [2.75, 3.05) is 41.0 Å². The van der Waals surface area contributed by atoms with Crippen molar-refractivity contribution in [3.63, 3.8) is 0 Å². The average Bonchev–Trinajstić information content (AvgIpc) is 2.75. The monoisotopic (exact) mass is 441 g/mol. The van der Waals surface area contributed by atoms with Gasteiger partial charge in [-0.15, -0.1) is 0 Å². The predicted octanol–water partition coefficient (Wildman–Crippen LogP) is 0.654. The number of rotatable bonds is 11. The SMILES string of the molecule is C.CNC(=O)CCC(=O)NCC(COC)OC(=O)COc1ccccc1.CNC(C)=O. The second kappa shape index (κ2) is 18.9. The fourth-order valence-corrected chi connectivity index (χ4v) is 1.87. The Hall–Kier alpha value is -3.14. The van der Waals surface area contributed by atoms with Crippen LogP contribution in [-0.4, -0.2) is 70.8 Å². The number of hydrogen-bond donors (Lipinski definition) is 3. The maximum atomic E-state index is 11.8. The zero-order valence-electron chi connectivity index (χ0n) is 17.9. The van der Waals surface area contributed by atoms with Crippen molar-refractivity contribution in [2.45, 2.75) is 33.3 Å². The molecule has 0 saturated heterocycles. The van der Waals surface area contributed by atoms with Crippen molar-refractivity contribution < 1.29 is 33.4 Å². The summed E-state index contributed by atoms with van der Waals surface area (Å²) in [5.41, 5.74) is 0. The number of carbonyl (C=O) groups is 4. The van der Waals surface area contributed by atoms with Gasteiger partial charge in [-0.1, -0.05) is 25.6 Å². The molecule has 10 heteroatoms. The number of benzene rings is 1. The molecule has 1 unspecified atom stereocenters. The molecular formula is C21H35N3O7. The molecule has 0 aliphatic heterocycles. The van der Waals surface area contributed by atoms with Gasteiger partial charge in [0.1, 0.15) is 11.9 Å². The molecule has 176 valence electrons. The molecule has 0 spiro atoms. The molecule has 10 nitrogen and oxygen atoms in total. The van der Waals surface area contributed by atoms with Gasteiger partial charge in [0.15, 0.2) is 6.61 Å². The Morgan fingerprint density at radius 2 is 1.55 bits per heavy atom. The van der Waals surface area contributed by atoms with E-state index in [-0.39, 0.29) is 57.7 Å². The van der Waals surface area contributed by atoms with Crippen LogP contribution in [0.4, 0.5) is 0 Å². The molecule has 1 rings (SSSR count). The minimum absolute atomic E-state index is 0. The predicted molar refractivity (Wildman–Crippen MR) is 116 cm³/mol. The summed E-state index contributed by atoms with van der Waals surface area (Å²) in [6.45, 7) is 1.46. The lowest BCUT2D eigenvalue weighted by atomic mass is 10.2. The fraction of sp³-hybridized carbons (Fsp3) is 0.524. The molecule has 1 aromatic carbocycles. The summed E-state index contributed by atoms with van der Waals surface area (Å²) in [4.78, 5) is 44.3. The third kappa shape index (κ3) is 17.4. The fourth-order valence-electron chi connectivity index (χ4n) is 1.87. The third-order valence-corrected chi connectivity index (χ3v) is 3.49. The minimum Gasteiger partial charge on any atom is -0.482 e. The van der Waals surface area contributed by atoms with Crippen molar-refractivity contribution in [2.24, 2.45) is 0 Å². The molecule has 1 aromatic rings. The minimum atomic E-state index is -0.638. The van der Waals surface area contributed by atoms with Crippen LogP contribution in [0.15, 0.2) is 30.3 Å². The number of carbonyl (C=O) groups excluding carboxylic acids is 4. The van der Waals surface area contributed by atoms with Crippen LogP contribution in [0.5, 0.6) is 5.75 Å². The lowest BCUT2D eigenvalue weighted by Crippen LogP contribution is -2.38. The van der Waals surface area contributed by atoms with Crippen molar-refractivity contribution in [1.82, 2.24) is 16.0 Å². The van der Waals surface area contributed by atoms with Crippen molar-refractivity contribution in [3.05, 3.63) is 30.3 Å². The molecule has 0 bridgehead atoms. The second-order valence-electron chi connectivity index (χ2n) is 5.95. The van der Waals surface area contributed by atoms with Crippen molar-refractivity contribution in [1.29, 1.82) is 0 Å². The van der Waals surface area contributed by atoms with E-state index < -0.39 is 12.1 Å². The normalized spacial score (nSPS) is 10.2. The molecule has 31 heavy (non-hydrogen) atoms. The van der Waals surface area contributed by atoms with E-state index in [4.69, 9.17) is 14.2 Å². The highest BCUT2D eigenvalue weighted by molar-refractivity contribution is 5.83. The molecular weight excluding hydrogens is 406 g/mol. The summed E-state index contributed by atoms with van der Waals surface area (Å²) in [5.74, 6) is -0.518. The molecule has 0 heterocycles. The number of nitrogens with one attached hydrogen (secondary N) is 3. The van der Waals surface area contributed by atoms with E-state index in [1.54, 1.807) is 31.3 Å². The van der Waals surface area contributed by atoms with E-state index in [0.29, 0.717) is 5.75 Å². The Morgan fingerprint density at radius 1 is 0.968 bits per heavy atom. The number of ether oxygens (including phenoxy) is 3. The van der Waals surface area contributed by atoms with Crippen LogP contribution >= 0.6 is 0 Å². The van der Waals surface area contributed by atoms with Crippen LogP contribution in [0.1, 0.15) is 27.2 Å². The Morgan fingerprint density at radius 3 is 2.06 bits per heavy atom. The lowest BCUT2D eigenvalue weighted by molar-refractivity contribution is -0.154. The largest absolute Gasteiger partial charge is 0.482 e. The van der Waals surface area contributed by atoms with Crippen LogP contribution in [0.25, 0.3) is 0 Å². The first-order valence-corrected chi connectivity index (χ1v) is 9.34. The topological polar surface area (TPSA) is 132 Å². The van der Waals surface area contributed by atoms with Gasteiger partial charge in [-0.3, -0.25) is 14.4 Å². The highest BCUT2D eigenvalue weighted by atomic mass is 16.6. The van der Waals surface area contributed by atoms with E-state index in [9.17, 15) is 19.2 Å². The average molecular weight is 442 g/mol. The van der Waals surface area contributed by atoms with Crippen LogP contribution in [-0.2, 0) is 28.7 Å². The Balaban J connectivity index is 0. The molecule has 0 radical (unpaired) electrons. The van der Waals surface area contributed by atoms with Gasteiger partial charge < -0.3 is 30.2 Å². The van der Waals surface area contributed by atoms with Crippen LogP contribution in [0, 0.1) is 0 Å². The highest BCUT2D eigenvalue weighted by Crippen LogP contribution is 2.08. The van der Waals surface area contributed by atoms with Crippen molar-refractivity contribution >= 4 is 23.7 Å². The van der Waals surface area contributed by atoms with Gasteiger partial charge in [-0.2, -0.15) is 0 Å². The molecule has 0 saturated carbocycles. The summed E-state index contributed by atoms with van der Waals surface area (Å²) < 4.78 is 15.5. The number of amides is 3. The van der Waals surface area contributed by atoms with E-state index in [1.165, 1.54) is 21.1 Å². The van der Waals surface area contributed by atoms with E-state index in [1.807, 2.05) is 6.07 Å². The lowest BCUT2D eigenvalue weighted by Gasteiger charge is -2.18. The van der Waals surface area contributed by atoms with Gasteiger partial charge in [0, 0.05) is 41.0 Å². The van der Waals surface area contributed by atoms with Crippen LogP contribution < -0.4 is 20.7 Å². The Bertz CT molecular complexity index is 654. The van der Waals surface area contributed by atoms with Gasteiger partial charge in [-0.05, 0) is 12.1 Å². The van der Waals surface area contributed by atoms with E-state index >= 15 is 0 Å². The molecule has 0 aliphatic rings. The summed E-state index contributed by atoms with van der Waals surface area (Å²) in [6, 6.07) is 8.89. The molecule has 0 fully saturated rings. The number of methoxy groups -OCH3 is 1. The Kier molecular flexibility index (Phi) is 18.3. The summed E-state index contributed by atoms with van der Waals surface area (Å²) in [6.07, 6.45) is -0.479. The van der Waals surface area contributed by atoms with Crippen LogP contribution in [0.3, 0.4) is 0 Å². The number of hydrogen-bond acceptors (Lipinski definition) is 7. The quantitative estimate of drug-likeness (QED) is 0.430.